The predicted octanol–water partition coefficient (Wildman–Crippen LogP) is -0.812. The number of rotatable bonds is 2. The number of thiazole rings is 1. The third kappa shape index (κ3) is 1.73. The summed E-state index contributed by atoms with van der Waals surface area (Å²) in [5.74, 6) is -0.203. The molecular formula is C9H9N7O2S. The van der Waals surface area contributed by atoms with E-state index in [1.54, 1.807) is 12.4 Å². The van der Waals surface area contributed by atoms with E-state index in [-0.39, 0.29) is 18.4 Å². The number of fused-ring (bicyclic) bond motifs is 1. The molecule has 3 N–H and O–H groups in total. The maximum atomic E-state index is 11.8. The summed E-state index contributed by atoms with van der Waals surface area (Å²) in [6.07, 6.45) is 0. The average molecular weight is 279 g/mol. The van der Waals surface area contributed by atoms with Crippen LogP contribution in [0, 0.1) is 0 Å². The number of carbonyl (C=O) groups is 2. The molecule has 0 fully saturated rings. The number of nitrogens with two attached hydrogens (primary N) is 1. The zero-order valence-corrected chi connectivity index (χ0v) is 10.6. The molecule has 3 heterocycles. The van der Waals surface area contributed by atoms with E-state index in [9.17, 15) is 9.59 Å². The third-order valence-corrected chi connectivity index (χ3v) is 3.47. The number of aromatic nitrogens is 1. The summed E-state index contributed by atoms with van der Waals surface area (Å²) in [6, 6.07) is -0.254. The summed E-state index contributed by atoms with van der Waals surface area (Å²) in [6.45, 7) is 0.185. The van der Waals surface area contributed by atoms with Crippen LogP contribution in [0.15, 0.2) is 15.5 Å². The largest absolute Gasteiger partial charge is 0.364 e. The Balaban J connectivity index is 1.94. The minimum absolute atomic E-state index is 0.175. The van der Waals surface area contributed by atoms with Gasteiger partial charge in [0.15, 0.2) is 5.84 Å². The Morgan fingerprint density at radius 2 is 2.37 bits per heavy atom. The van der Waals surface area contributed by atoms with Gasteiger partial charge in [-0.25, -0.2) is 20.3 Å². The first-order chi connectivity index (χ1) is 9.08. The number of hydrogen-bond donors (Lipinski definition) is 2. The van der Waals surface area contributed by atoms with Gasteiger partial charge in [0.1, 0.15) is 23.1 Å². The third-order valence-electron chi connectivity index (χ3n) is 2.62. The molecule has 0 radical (unpaired) electrons. The fourth-order valence-corrected chi connectivity index (χ4v) is 2.49. The molecule has 98 valence electrons. The molecule has 0 spiro atoms. The van der Waals surface area contributed by atoms with E-state index in [0.717, 1.165) is 0 Å². The lowest BCUT2D eigenvalue weighted by Crippen LogP contribution is -2.53. The molecule has 19 heavy (non-hydrogen) atoms. The molecule has 0 atom stereocenters. The minimum atomic E-state index is -0.600. The monoisotopic (exact) mass is 279 g/mol. The van der Waals surface area contributed by atoms with E-state index in [1.807, 2.05) is 0 Å². The standard InChI is InChI=1S/C9H9N7O2S/c1-15-9(18)16-3-11-5(7(16)13-14-15)8-12-4(2-19-8)6(10)17/h2,14H,3H2,1H3,(H2,10,17). The van der Waals surface area contributed by atoms with Crippen LogP contribution in [0.1, 0.15) is 15.5 Å². The Morgan fingerprint density at radius 1 is 1.58 bits per heavy atom. The summed E-state index contributed by atoms with van der Waals surface area (Å²) >= 11 is 1.23. The molecule has 0 aromatic carbocycles. The molecule has 1 aromatic rings. The molecule has 3 rings (SSSR count). The summed E-state index contributed by atoms with van der Waals surface area (Å²) in [5, 5.41) is 7.36. The van der Waals surface area contributed by atoms with Gasteiger partial charge in [0.2, 0.25) is 0 Å². The maximum absolute atomic E-state index is 11.8. The summed E-state index contributed by atoms with van der Waals surface area (Å²) in [4.78, 5) is 32.6. The van der Waals surface area contributed by atoms with Gasteiger partial charge >= 0.3 is 6.03 Å². The number of urea groups is 1. The molecule has 2 aliphatic heterocycles. The Morgan fingerprint density at radius 3 is 3.05 bits per heavy atom. The van der Waals surface area contributed by atoms with Crippen LogP contribution in [0.2, 0.25) is 0 Å². The number of hydrogen-bond acceptors (Lipinski definition) is 7. The second-order valence-corrected chi connectivity index (χ2v) is 4.71. The van der Waals surface area contributed by atoms with Gasteiger partial charge in [0.25, 0.3) is 5.91 Å². The van der Waals surface area contributed by atoms with Crippen molar-refractivity contribution in [3.8, 4) is 0 Å². The van der Waals surface area contributed by atoms with E-state index < -0.39 is 5.91 Å². The molecule has 10 heteroatoms. The Hall–Kier alpha value is -2.49. The molecule has 1 aromatic heterocycles. The first-order valence-corrected chi connectivity index (χ1v) is 6.15. The normalized spacial score (nSPS) is 17.8. The number of amides is 3. The molecule has 3 amide bonds. The van der Waals surface area contributed by atoms with Crippen molar-refractivity contribution in [1.29, 1.82) is 0 Å². The van der Waals surface area contributed by atoms with Gasteiger partial charge in [-0.05, 0) is 0 Å². The van der Waals surface area contributed by atoms with Crippen LogP contribution < -0.4 is 11.3 Å². The fraction of sp³-hybridized carbons (Fsp3) is 0.222. The van der Waals surface area contributed by atoms with Crippen molar-refractivity contribution in [3.05, 3.63) is 16.1 Å². The zero-order valence-electron chi connectivity index (χ0n) is 9.82. The summed E-state index contributed by atoms with van der Waals surface area (Å²) in [5.41, 5.74) is 8.37. The highest BCUT2D eigenvalue weighted by atomic mass is 32.1. The molecular weight excluding hydrogens is 270 g/mol. The maximum Gasteiger partial charge on any atom is 0.346 e. The molecule has 0 saturated heterocycles. The first-order valence-electron chi connectivity index (χ1n) is 5.27. The quantitative estimate of drug-likeness (QED) is 0.736. The molecule has 9 nitrogen and oxygen atoms in total. The second kappa shape index (κ2) is 4.02. The molecule has 2 aliphatic rings. The topological polar surface area (TPSA) is 116 Å². The van der Waals surface area contributed by atoms with Gasteiger partial charge in [-0.1, -0.05) is 0 Å². The van der Waals surface area contributed by atoms with Gasteiger partial charge in [-0.3, -0.25) is 14.7 Å². The number of carbonyl (C=O) groups excluding carboxylic acids is 2. The lowest BCUT2D eigenvalue weighted by Gasteiger charge is -2.28. The van der Waals surface area contributed by atoms with Crippen LogP contribution in [-0.2, 0) is 0 Å². The predicted molar refractivity (Wildman–Crippen MR) is 67.6 cm³/mol. The van der Waals surface area contributed by atoms with Crippen molar-refractivity contribution in [3.63, 3.8) is 0 Å². The highest BCUT2D eigenvalue weighted by Crippen LogP contribution is 2.19. The van der Waals surface area contributed by atoms with Gasteiger partial charge in [0.05, 0.1) is 0 Å². The minimum Gasteiger partial charge on any atom is -0.364 e. The van der Waals surface area contributed by atoms with Crippen molar-refractivity contribution >= 4 is 34.8 Å². The Labute approximate surface area is 111 Å². The number of amidine groups is 1. The van der Waals surface area contributed by atoms with E-state index in [2.05, 4.69) is 20.6 Å². The lowest BCUT2D eigenvalue weighted by atomic mass is 10.3. The van der Waals surface area contributed by atoms with Crippen LogP contribution in [-0.4, -0.2) is 52.1 Å². The number of nitrogens with one attached hydrogen (secondary N) is 1. The number of hydrazone groups is 1. The van der Waals surface area contributed by atoms with E-state index in [0.29, 0.717) is 16.6 Å². The Kier molecular flexibility index (Phi) is 2.45. The number of primary amides is 1. The van der Waals surface area contributed by atoms with E-state index in [1.165, 1.54) is 21.2 Å². The average Bonchev–Trinajstić information content (AvgIpc) is 2.99. The van der Waals surface area contributed by atoms with Crippen molar-refractivity contribution in [1.82, 2.24) is 20.4 Å². The van der Waals surface area contributed by atoms with E-state index in [4.69, 9.17) is 5.73 Å². The first kappa shape index (κ1) is 11.6. The Bertz CT molecular complexity index is 634. The highest BCUT2D eigenvalue weighted by molar-refractivity contribution is 7.13. The molecule has 0 unspecified atom stereocenters. The van der Waals surface area contributed by atoms with Crippen molar-refractivity contribution in [2.24, 2.45) is 15.8 Å². The van der Waals surface area contributed by atoms with Crippen molar-refractivity contribution in [2.75, 3.05) is 13.7 Å². The van der Waals surface area contributed by atoms with Gasteiger partial charge in [0, 0.05) is 12.4 Å². The number of aliphatic imine (C=N–C) groups is 1. The lowest BCUT2D eigenvalue weighted by molar-refractivity contribution is 0.0996. The van der Waals surface area contributed by atoms with Crippen molar-refractivity contribution in [2.45, 2.75) is 0 Å². The molecule has 0 saturated carbocycles. The van der Waals surface area contributed by atoms with E-state index >= 15 is 0 Å². The van der Waals surface area contributed by atoms with Gasteiger partial charge < -0.3 is 5.73 Å². The van der Waals surface area contributed by atoms with Crippen LogP contribution in [0.25, 0.3) is 0 Å². The molecule has 0 bridgehead atoms. The summed E-state index contributed by atoms with van der Waals surface area (Å²) < 4.78 is 0. The highest BCUT2D eigenvalue weighted by Gasteiger charge is 2.36. The number of hydrazine groups is 1. The van der Waals surface area contributed by atoms with Crippen LogP contribution in [0.3, 0.4) is 0 Å². The van der Waals surface area contributed by atoms with Crippen molar-refractivity contribution < 1.29 is 9.59 Å². The SMILES string of the molecule is CN1NN=C2C(c3nc(C(N)=O)cs3)=NCN2C1=O. The van der Waals surface area contributed by atoms with Gasteiger partial charge in [-0.15, -0.1) is 16.4 Å². The second-order valence-electron chi connectivity index (χ2n) is 3.86. The van der Waals surface area contributed by atoms with Crippen LogP contribution in [0.4, 0.5) is 4.79 Å². The zero-order chi connectivity index (χ0) is 13.6. The number of nitrogens with zero attached hydrogens (tertiary/aromatic N) is 5. The fourth-order valence-electron chi connectivity index (χ4n) is 1.68. The molecule has 0 aliphatic carbocycles. The smallest absolute Gasteiger partial charge is 0.346 e. The van der Waals surface area contributed by atoms with Crippen LogP contribution >= 0.6 is 11.3 Å². The van der Waals surface area contributed by atoms with Gasteiger partial charge in [-0.2, -0.15) is 0 Å². The summed E-state index contributed by atoms with van der Waals surface area (Å²) in [7, 11) is 1.56. The van der Waals surface area contributed by atoms with Crippen LogP contribution in [0.5, 0.6) is 0 Å².